The van der Waals surface area contributed by atoms with Gasteiger partial charge in [-0.3, -0.25) is 13.9 Å². The Kier molecular flexibility index (Phi) is 4.49. The molecule has 0 spiro atoms. The Hall–Kier alpha value is -2.01. The predicted molar refractivity (Wildman–Crippen MR) is 108 cm³/mol. The zero-order valence-electron chi connectivity index (χ0n) is 15.1. The Bertz CT molecular complexity index is 1320. The second-order valence-electron chi connectivity index (χ2n) is 7.16. The minimum absolute atomic E-state index is 0.00346. The first-order valence-corrected chi connectivity index (χ1v) is 11.2. The first-order chi connectivity index (χ1) is 13.1. The lowest BCUT2D eigenvalue weighted by Crippen LogP contribution is -2.39. The van der Waals surface area contributed by atoms with Crippen LogP contribution in [0.3, 0.4) is 0 Å². The van der Waals surface area contributed by atoms with Gasteiger partial charge in [0.15, 0.2) is 4.47 Å². The summed E-state index contributed by atoms with van der Waals surface area (Å²) >= 11 is 7.00. The molecule has 0 radical (unpaired) electrons. The van der Waals surface area contributed by atoms with Gasteiger partial charge >= 0.3 is 5.69 Å². The van der Waals surface area contributed by atoms with Crippen LogP contribution in [0.15, 0.2) is 38.9 Å². The van der Waals surface area contributed by atoms with Crippen LogP contribution in [0.25, 0.3) is 10.9 Å². The van der Waals surface area contributed by atoms with E-state index >= 15 is 0 Å². The van der Waals surface area contributed by atoms with Gasteiger partial charge < -0.3 is 0 Å². The highest BCUT2D eigenvalue weighted by Crippen LogP contribution is 2.36. The van der Waals surface area contributed by atoms with Crippen LogP contribution in [0.4, 0.5) is 0 Å². The number of aryl methyl sites for hydroxylation is 1. The van der Waals surface area contributed by atoms with E-state index in [4.69, 9.17) is 11.6 Å². The molecule has 0 atom stereocenters. The van der Waals surface area contributed by atoms with Crippen LogP contribution in [0.2, 0.25) is 4.47 Å². The van der Waals surface area contributed by atoms with Crippen molar-refractivity contribution >= 4 is 43.9 Å². The van der Waals surface area contributed by atoms with Gasteiger partial charge in [-0.2, -0.15) is 0 Å². The van der Waals surface area contributed by atoms with Gasteiger partial charge in [0, 0.05) is 23.7 Å². The molecule has 28 heavy (non-hydrogen) atoms. The second-order valence-corrected chi connectivity index (χ2v) is 10.5. The van der Waals surface area contributed by atoms with E-state index in [0.717, 1.165) is 17.4 Å². The van der Waals surface area contributed by atoms with E-state index in [9.17, 15) is 18.0 Å². The van der Waals surface area contributed by atoms with Crippen molar-refractivity contribution in [3.05, 3.63) is 54.6 Å². The highest BCUT2D eigenvalue weighted by molar-refractivity contribution is 7.89. The van der Waals surface area contributed by atoms with E-state index < -0.39 is 26.8 Å². The Balaban J connectivity index is 1.86. The van der Waals surface area contributed by atoms with Crippen molar-refractivity contribution in [2.24, 2.45) is 7.05 Å². The van der Waals surface area contributed by atoms with E-state index in [1.54, 1.807) is 0 Å². The van der Waals surface area contributed by atoms with Crippen LogP contribution in [-0.4, -0.2) is 28.1 Å². The number of thiazole rings is 1. The molecule has 2 heterocycles. The highest BCUT2D eigenvalue weighted by atomic mass is 35.5. The van der Waals surface area contributed by atoms with Crippen molar-refractivity contribution in [2.45, 2.75) is 36.7 Å². The number of hydrogen-bond donors (Lipinski definition) is 1. The van der Waals surface area contributed by atoms with Gasteiger partial charge in [0.05, 0.1) is 22.3 Å². The van der Waals surface area contributed by atoms with Crippen molar-refractivity contribution in [1.29, 1.82) is 0 Å². The number of rotatable bonds is 5. The molecule has 0 aliphatic heterocycles. The number of nitrogens with one attached hydrogen (secondary N) is 1. The average Bonchev–Trinajstić information content (AvgIpc) is 3.20. The summed E-state index contributed by atoms with van der Waals surface area (Å²) in [6, 6.07) is 4.21. The fraction of sp³-hybridized carbons (Fsp3) is 0.353. The molecular weight excluding hydrogens is 424 g/mol. The molecule has 0 amide bonds. The summed E-state index contributed by atoms with van der Waals surface area (Å²) in [5.41, 5.74) is -1.12. The molecule has 1 saturated carbocycles. The molecule has 11 heteroatoms. The fourth-order valence-corrected chi connectivity index (χ4v) is 5.45. The number of hydrogen-bond acceptors (Lipinski definition) is 6. The third-order valence-corrected chi connectivity index (χ3v) is 7.59. The number of aromatic nitrogens is 3. The molecule has 0 bridgehead atoms. The smallest absolute Gasteiger partial charge is 0.296 e. The summed E-state index contributed by atoms with van der Waals surface area (Å²) in [6.45, 7) is 1.85. The summed E-state index contributed by atoms with van der Waals surface area (Å²) in [7, 11) is -2.23. The zero-order valence-corrected chi connectivity index (χ0v) is 17.5. The number of halogens is 1. The van der Waals surface area contributed by atoms with E-state index in [-0.39, 0.29) is 16.8 Å². The Morgan fingerprint density at radius 2 is 2.04 bits per heavy atom. The van der Waals surface area contributed by atoms with Gasteiger partial charge in [-0.1, -0.05) is 11.6 Å². The monoisotopic (exact) mass is 440 g/mol. The zero-order chi connectivity index (χ0) is 20.3. The molecular formula is C17H17ClN4O4S2. The molecule has 148 valence electrons. The molecule has 1 fully saturated rings. The maximum atomic E-state index is 13.0. The topological polar surface area (TPSA) is 103 Å². The fourth-order valence-electron chi connectivity index (χ4n) is 2.99. The van der Waals surface area contributed by atoms with E-state index in [2.05, 4.69) is 9.71 Å². The molecule has 1 aliphatic carbocycles. The maximum absolute atomic E-state index is 13.0. The van der Waals surface area contributed by atoms with Crippen LogP contribution in [-0.2, 0) is 23.6 Å². The molecule has 1 aromatic carbocycles. The lowest BCUT2D eigenvalue weighted by atomic mass is 10.2. The van der Waals surface area contributed by atoms with Crippen molar-refractivity contribution in [3.8, 4) is 0 Å². The third-order valence-electron chi connectivity index (χ3n) is 4.85. The summed E-state index contributed by atoms with van der Waals surface area (Å²) in [5.74, 6) is 0. The SMILES string of the molecule is Cn1c(=O)n(Cc2cnc(Cl)s2)c(=O)c2cc(S(=O)(=O)NC3(C)CC3)ccc21. The van der Waals surface area contributed by atoms with Crippen molar-refractivity contribution in [3.63, 3.8) is 0 Å². The van der Waals surface area contributed by atoms with Crippen LogP contribution in [0.1, 0.15) is 24.6 Å². The second kappa shape index (κ2) is 6.51. The molecule has 0 saturated heterocycles. The van der Waals surface area contributed by atoms with E-state index in [0.29, 0.717) is 14.9 Å². The van der Waals surface area contributed by atoms with Gasteiger partial charge in [0.25, 0.3) is 5.56 Å². The predicted octanol–water partition coefficient (Wildman–Crippen LogP) is 1.69. The first kappa shape index (κ1) is 19.3. The minimum atomic E-state index is -3.77. The summed E-state index contributed by atoms with van der Waals surface area (Å²) < 4.78 is 30.7. The molecule has 3 aromatic rings. The lowest BCUT2D eigenvalue weighted by molar-refractivity contribution is 0.558. The van der Waals surface area contributed by atoms with Crippen molar-refractivity contribution in [2.75, 3.05) is 0 Å². The van der Waals surface area contributed by atoms with E-state index in [1.807, 2.05) is 6.92 Å². The van der Waals surface area contributed by atoms with Gasteiger partial charge in [-0.05, 0) is 38.0 Å². The first-order valence-electron chi connectivity index (χ1n) is 8.47. The molecule has 4 rings (SSSR count). The van der Waals surface area contributed by atoms with Crippen molar-refractivity contribution < 1.29 is 8.42 Å². The number of fused-ring (bicyclic) bond motifs is 1. The molecule has 1 N–H and O–H groups in total. The molecule has 8 nitrogen and oxygen atoms in total. The van der Waals surface area contributed by atoms with Gasteiger partial charge in [0.1, 0.15) is 0 Å². The maximum Gasteiger partial charge on any atom is 0.331 e. The Morgan fingerprint density at radius 1 is 1.32 bits per heavy atom. The normalized spacial score (nSPS) is 15.8. The van der Waals surface area contributed by atoms with Gasteiger partial charge in [-0.15, -0.1) is 11.3 Å². The molecule has 0 unspecified atom stereocenters. The largest absolute Gasteiger partial charge is 0.331 e. The quantitative estimate of drug-likeness (QED) is 0.650. The van der Waals surface area contributed by atoms with Gasteiger partial charge in [0.2, 0.25) is 10.0 Å². The standard InChI is InChI=1S/C17H17ClN4O4S2/c1-17(5-6-17)20-28(25,26)11-3-4-13-12(7-11)14(23)22(16(24)21(13)2)9-10-8-19-15(18)27-10/h3-4,7-8,20H,5-6,9H2,1-2H3. The molecule has 2 aromatic heterocycles. The number of benzene rings is 1. The summed E-state index contributed by atoms with van der Waals surface area (Å²) in [4.78, 5) is 30.2. The third kappa shape index (κ3) is 3.41. The Morgan fingerprint density at radius 3 is 2.64 bits per heavy atom. The van der Waals surface area contributed by atoms with Crippen LogP contribution < -0.4 is 16.0 Å². The Labute approximate surface area is 169 Å². The van der Waals surface area contributed by atoms with Crippen LogP contribution >= 0.6 is 22.9 Å². The van der Waals surface area contributed by atoms with Crippen molar-refractivity contribution in [1.82, 2.24) is 18.8 Å². The minimum Gasteiger partial charge on any atom is -0.296 e. The highest BCUT2D eigenvalue weighted by Gasteiger charge is 2.41. The van der Waals surface area contributed by atoms with Crippen LogP contribution in [0, 0.1) is 0 Å². The number of nitrogens with zero attached hydrogens (tertiary/aromatic N) is 3. The van der Waals surface area contributed by atoms with Crippen LogP contribution in [0.5, 0.6) is 0 Å². The average molecular weight is 441 g/mol. The lowest BCUT2D eigenvalue weighted by Gasteiger charge is -2.14. The van der Waals surface area contributed by atoms with E-state index in [1.165, 1.54) is 47.3 Å². The summed E-state index contributed by atoms with van der Waals surface area (Å²) in [6.07, 6.45) is 3.06. The van der Waals surface area contributed by atoms with Gasteiger partial charge in [-0.25, -0.2) is 22.9 Å². The molecule has 1 aliphatic rings. The number of sulfonamides is 1. The summed E-state index contributed by atoms with van der Waals surface area (Å²) in [5, 5.41) is 0.154.